The molecule has 0 aliphatic carbocycles. The minimum Gasteiger partial charge on any atom is -0.378 e. The molecule has 4 N–H and O–H groups in total. The Balaban J connectivity index is 1.91. The zero-order valence-corrected chi connectivity index (χ0v) is 14.6. The highest BCUT2D eigenvalue weighted by molar-refractivity contribution is 5.04. The Hall–Kier alpha value is -1.01. The summed E-state index contributed by atoms with van der Waals surface area (Å²) in [5.41, 5.74) is 4.44. The van der Waals surface area contributed by atoms with Crippen LogP contribution in [0.2, 0.25) is 0 Å². The van der Waals surface area contributed by atoms with Gasteiger partial charge in [0.1, 0.15) is 12.3 Å². The van der Waals surface area contributed by atoms with Gasteiger partial charge in [0.05, 0.1) is 0 Å². The van der Waals surface area contributed by atoms with Gasteiger partial charge in [-0.25, -0.2) is 15.6 Å². The number of hydrazine groups is 2. The predicted octanol–water partition coefficient (Wildman–Crippen LogP) is 0.594. The Labute approximate surface area is 144 Å². The van der Waals surface area contributed by atoms with Crippen LogP contribution in [0.25, 0.3) is 0 Å². The van der Waals surface area contributed by atoms with E-state index >= 15 is 0 Å². The van der Waals surface area contributed by atoms with E-state index in [1.807, 2.05) is 19.0 Å². The first-order chi connectivity index (χ1) is 11.7. The summed E-state index contributed by atoms with van der Waals surface area (Å²) in [6.45, 7) is 5.35. The van der Waals surface area contributed by atoms with Crippen molar-refractivity contribution in [2.45, 2.75) is 56.8 Å². The number of aliphatic hydroxyl groups is 1. The minimum absolute atomic E-state index is 0.0963. The van der Waals surface area contributed by atoms with Crippen molar-refractivity contribution >= 4 is 0 Å². The van der Waals surface area contributed by atoms with Gasteiger partial charge < -0.3 is 5.11 Å². The molecule has 6 atom stereocenters. The molecule has 0 aromatic rings. The fourth-order valence-electron chi connectivity index (χ4n) is 4.53. The van der Waals surface area contributed by atoms with Gasteiger partial charge in [-0.1, -0.05) is 12.1 Å². The van der Waals surface area contributed by atoms with E-state index in [1.165, 1.54) is 0 Å². The summed E-state index contributed by atoms with van der Waals surface area (Å²) in [7, 11) is 1.90. The summed E-state index contributed by atoms with van der Waals surface area (Å²) < 4.78 is 40.0. The van der Waals surface area contributed by atoms with Crippen LogP contribution in [0.1, 0.15) is 26.7 Å². The van der Waals surface area contributed by atoms with E-state index in [0.717, 1.165) is 19.5 Å². The molecule has 8 nitrogen and oxygen atoms in total. The number of hydrogen-bond acceptors (Lipinski definition) is 8. The first-order valence-corrected chi connectivity index (χ1v) is 8.60. The Morgan fingerprint density at radius 1 is 1.36 bits per heavy atom. The lowest BCUT2D eigenvalue weighted by Crippen LogP contribution is -2.67. The molecule has 0 aromatic heterocycles. The zero-order chi connectivity index (χ0) is 18.4. The van der Waals surface area contributed by atoms with Crippen LogP contribution in [-0.2, 0) is 0 Å². The van der Waals surface area contributed by atoms with Crippen LogP contribution in [0.15, 0.2) is 10.3 Å². The topological polar surface area (TPSA) is 87.5 Å². The molecule has 0 spiro atoms. The lowest BCUT2D eigenvalue weighted by molar-refractivity contribution is -0.194. The fourth-order valence-corrected chi connectivity index (χ4v) is 4.53. The van der Waals surface area contributed by atoms with Crippen molar-refractivity contribution in [3.63, 3.8) is 0 Å². The monoisotopic (exact) mass is 365 g/mol. The quantitative estimate of drug-likeness (QED) is 0.586. The van der Waals surface area contributed by atoms with Crippen molar-refractivity contribution in [3.05, 3.63) is 0 Å². The normalized spacial score (nSPS) is 43.6. The van der Waals surface area contributed by atoms with Crippen LogP contribution < -0.4 is 16.3 Å². The molecule has 3 aliphatic heterocycles. The maximum absolute atomic E-state index is 13.3. The molecule has 0 saturated carbocycles. The molecule has 0 amide bonds. The van der Waals surface area contributed by atoms with Gasteiger partial charge in [0.25, 0.3) is 0 Å². The molecular weight excluding hydrogens is 339 g/mol. The third-order valence-corrected chi connectivity index (χ3v) is 5.81. The number of nitrogens with zero attached hydrogens (tertiary/aromatic N) is 4. The number of piperidine rings is 1. The number of nitrogens with one attached hydrogen (secondary N) is 3. The molecule has 3 heterocycles. The average molecular weight is 365 g/mol. The standard InChI is InChI=1S/C14H26F3N7O/c1-4-24-6-5-9(23(24)3)8-7-10(14(15,16)17)18-12(25)11(8)13(2)19-21-22-20-13/h8-12,18,25H,4-7H2,1-3H3,(H,19,22)(H,20,21). The molecule has 2 saturated heterocycles. The van der Waals surface area contributed by atoms with E-state index in [9.17, 15) is 18.3 Å². The van der Waals surface area contributed by atoms with Crippen molar-refractivity contribution < 1.29 is 18.3 Å². The van der Waals surface area contributed by atoms with Crippen molar-refractivity contribution in [1.82, 2.24) is 26.3 Å². The van der Waals surface area contributed by atoms with Gasteiger partial charge in [0.15, 0.2) is 5.66 Å². The van der Waals surface area contributed by atoms with Gasteiger partial charge in [-0.15, -0.1) is 5.11 Å². The van der Waals surface area contributed by atoms with Gasteiger partial charge in [-0.05, 0) is 25.7 Å². The fraction of sp³-hybridized carbons (Fsp3) is 1.00. The van der Waals surface area contributed by atoms with E-state index in [0.29, 0.717) is 0 Å². The molecule has 6 unspecified atom stereocenters. The Kier molecular flexibility index (Phi) is 4.97. The number of halogens is 3. The second-order valence-electron chi connectivity index (χ2n) is 7.19. The maximum atomic E-state index is 13.3. The molecular formula is C14H26F3N7O. The molecule has 3 aliphatic rings. The molecule has 144 valence electrons. The van der Waals surface area contributed by atoms with E-state index in [4.69, 9.17) is 0 Å². The highest BCUT2D eigenvalue weighted by Crippen LogP contribution is 2.44. The van der Waals surface area contributed by atoms with Crippen molar-refractivity contribution in [2.24, 2.45) is 22.2 Å². The molecule has 0 aromatic carbocycles. The SMILES string of the molecule is CCN1CCC(C2CC(C(F)(F)F)NC(O)C2C2(C)N=NNN2)N1C. The predicted molar refractivity (Wildman–Crippen MR) is 83.5 cm³/mol. The second-order valence-corrected chi connectivity index (χ2v) is 7.19. The largest absolute Gasteiger partial charge is 0.403 e. The summed E-state index contributed by atoms with van der Waals surface area (Å²) >= 11 is 0. The van der Waals surface area contributed by atoms with Crippen molar-refractivity contribution in [2.75, 3.05) is 20.1 Å². The third-order valence-electron chi connectivity index (χ3n) is 5.81. The maximum Gasteiger partial charge on any atom is 0.403 e. The summed E-state index contributed by atoms with van der Waals surface area (Å²) in [6, 6.07) is -1.83. The highest BCUT2D eigenvalue weighted by Gasteiger charge is 2.57. The second kappa shape index (κ2) is 6.62. The van der Waals surface area contributed by atoms with Crippen molar-refractivity contribution in [1.29, 1.82) is 0 Å². The number of alkyl halides is 3. The van der Waals surface area contributed by atoms with Crippen LogP contribution >= 0.6 is 0 Å². The molecule has 3 rings (SSSR count). The van der Waals surface area contributed by atoms with E-state index < -0.39 is 35.9 Å². The van der Waals surface area contributed by atoms with E-state index in [-0.39, 0.29) is 12.5 Å². The van der Waals surface area contributed by atoms with Crippen LogP contribution in [0.4, 0.5) is 13.2 Å². The minimum atomic E-state index is -4.41. The van der Waals surface area contributed by atoms with Gasteiger partial charge in [0.2, 0.25) is 0 Å². The first-order valence-electron chi connectivity index (χ1n) is 8.60. The molecule has 2 fully saturated rings. The van der Waals surface area contributed by atoms with Gasteiger partial charge in [-0.3, -0.25) is 5.32 Å². The molecule has 0 bridgehead atoms. The third kappa shape index (κ3) is 3.35. The van der Waals surface area contributed by atoms with Crippen LogP contribution in [-0.4, -0.2) is 65.4 Å². The van der Waals surface area contributed by atoms with Crippen LogP contribution in [0, 0.1) is 11.8 Å². The smallest absolute Gasteiger partial charge is 0.378 e. The molecule has 0 radical (unpaired) electrons. The van der Waals surface area contributed by atoms with Crippen LogP contribution in [0.5, 0.6) is 0 Å². The van der Waals surface area contributed by atoms with Crippen molar-refractivity contribution in [3.8, 4) is 0 Å². The summed E-state index contributed by atoms with van der Waals surface area (Å²) in [5, 5.41) is 24.8. The highest BCUT2D eigenvalue weighted by atomic mass is 19.4. The van der Waals surface area contributed by atoms with Gasteiger partial charge >= 0.3 is 6.18 Å². The van der Waals surface area contributed by atoms with E-state index in [1.54, 1.807) is 6.92 Å². The Bertz CT molecular complexity index is 519. The number of rotatable bonds is 3. The van der Waals surface area contributed by atoms with Gasteiger partial charge in [-0.2, -0.15) is 18.6 Å². The lowest BCUT2D eigenvalue weighted by Gasteiger charge is -2.49. The molecule has 11 heteroatoms. The van der Waals surface area contributed by atoms with Gasteiger partial charge in [0, 0.05) is 32.1 Å². The Morgan fingerprint density at radius 2 is 2.08 bits per heavy atom. The summed E-state index contributed by atoms with van der Waals surface area (Å²) in [4.78, 5) is 0. The van der Waals surface area contributed by atoms with E-state index in [2.05, 4.69) is 31.6 Å². The summed E-state index contributed by atoms with van der Waals surface area (Å²) in [6.07, 6.45) is -5.10. The average Bonchev–Trinajstić information content (AvgIpc) is 3.12. The summed E-state index contributed by atoms with van der Waals surface area (Å²) in [5.74, 6) is -0.963. The first kappa shape index (κ1) is 18.8. The lowest BCUT2D eigenvalue weighted by atomic mass is 9.71. The molecule has 25 heavy (non-hydrogen) atoms. The number of hydrogen-bond donors (Lipinski definition) is 4. The number of aliphatic hydroxyl groups excluding tert-OH is 1. The zero-order valence-electron chi connectivity index (χ0n) is 14.6. The van der Waals surface area contributed by atoms with Crippen LogP contribution in [0.3, 0.4) is 0 Å². The Morgan fingerprint density at radius 3 is 2.60 bits per heavy atom.